The summed E-state index contributed by atoms with van der Waals surface area (Å²) in [7, 11) is 0. The van der Waals surface area contributed by atoms with Crippen LogP contribution in [0.4, 0.5) is 0 Å². The zero-order valence-corrected chi connectivity index (χ0v) is 12.6. The molecule has 80 valence electrons. The second-order valence-electron chi connectivity index (χ2n) is 3.29. The Balaban J connectivity index is 0.00000225. The molecular formula is C11H11KO4. The number of benzene rings is 1. The Hall–Kier alpha value is -0.204. The molecule has 0 amide bonds. The fourth-order valence-electron chi connectivity index (χ4n) is 1.12. The predicted molar refractivity (Wildman–Crippen MR) is 51.3 cm³/mol. The number of esters is 1. The number of hydrogen-bond donors (Lipinski definition) is 0. The molecule has 5 heteroatoms. The number of ether oxygens (including phenoxy) is 1. The SMILES string of the molecule is CC(C)OC(=O)c1ccccc1C(=O)[O-].[K+]. The average molecular weight is 246 g/mol. The van der Waals surface area contributed by atoms with E-state index in [0.29, 0.717) is 0 Å². The second kappa shape index (κ2) is 7.19. The third-order valence-corrected chi connectivity index (χ3v) is 1.71. The predicted octanol–water partition coefficient (Wildman–Crippen LogP) is -2.38. The van der Waals surface area contributed by atoms with Crippen molar-refractivity contribution in [1.29, 1.82) is 0 Å². The Kier molecular flexibility index (Phi) is 7.09. The minimum absolute atomic E-state index is 0. The maximum Gasteiger partial charge on any atom is 1.00 e. The van der Waals surface area contributed by atoms with Crippen LogP contribution in [0.2, 0.25) is 0 Å². The Bertz CT molecular complexity index is 387. The van der Waals surface area contributed by atoms with E-state index in [-0.39, 0.29) is 68.6 Å². The van der Waals surface area contributed by atoms with Gasteiger partial charge in [-0.05, 0) is 19.9 Å². The largest absolute Gasteiger partial charge is 1.00 e. The normalized spacial score (nSPS) is 9.44. The summed E-state index contributed by atoms with van der Waals surface area (Å²) in [5.41, 5.74) is -0.130. The molecule has 0 bridgehead atoms. The summed E-state index contributed by atoms with van der Waals surface area (Å²) in [4.78, 5) is 22.2. The van der Waals surface area contributed by atoms with E-state index in [9.17, 15) is 14.7 Å². The fraction of sp³-hybridized carbons (Fsp3) is 0.273. The summed E-state index contributed by atoms with van der Waals surface area (Å²) in [6.07, 6.45) is -0.285. The Morgan fingerprint density at radius 2 is 1.69 bits per heavy atom. The first kappa shape index (κ1) is 15.8. The van der Waals surface area contributed by atoms with Gasteiger partial charge >= 0.3 is 57.4 Å². The van der Waals surface area contributed by atoms with Gasteiger partial charge in [-0.15, -0.1) is 0 Å². The van der Waals surface area contributed by atoms with Crippen LogP contribution in [-0.4, -0.2) is 18.0 Å². The van der Waals surface area contributed by atoms with Gasteiger partial charge in [0.15, 0.2) is 0 Å². The van der Waals surface area contributed by atoms with E-state index in [1.54, 1.807) is 19.9 Å². The molecule has 0 aliphatic rings. The van der Waals surface area contributed by atoms with Gasteiger partial charge in [-0.3, -0.25) is 0 Å². The number of aromatic carboxylic acids is 1. The zero-order chi connectivity index (χ0) is 11.4. The van der Waals surface area contributed by atoms with E-state index in [0.717, 1.165) is 0 Å². The molecule has 0 saturated heterocycles. The monoisotopic (exact) mass is 246 g/mol. The number of carbonyl (C=O) groups excluding carboxylic acids is 2. The number of carbonyl (C=O) groups is 2. The van der Waals surface area contributed by atoms with Crippen LogP contribution in [0.1, 0.15) is 34.6 Å². The van der Waals surface area contributed by atoms with Gasteiger partial charge in [-0.25, -0.2) is 4.79 Å². The smallest absolute Gasteiger partial charge is 0.545 e. The summed E-state index contributed by atoms with van der Waals surface area (Å²) >= 11 is 0. The van der Waals surface area contributed by atoms with Gasteiger partial charge in [0.1, 0.15) is 0 Å². The van der Waals surface area contributed by atoms with Crippen molar-refractivity contribution in [3.63, 3.8) is 0 Å². The summed E-state index contributed by atoms with van der Waals surface area (Å²) in [5, 5.41) is 10.7. The number of carboxylic acid groups (broad SMARTS) is 1. The van der Waals surface area contributed by atoms with Crippen LogP contribution in [0, 0.1) is 0 Å². The standard InChI is InChI=1S/C11H12O4.K/c1-7(2)15-11(14)9-6-4-3-5-8(9)10(12)13;/h3-7H,1-2H3,(H,12,13);/q;+1/p-1. The molecule has 0 saturated carbocycles. The van der Waals surface area contributed by atoms with Crippen LogP contribution >= 0.6 is 0 Å². The third-order valence-electron chi connectivity index (χ3n) is 1.71. The fourth-order valence-corrected chi connectivity index (χ4v) is 1.12. The molecule has 16 heavy (non-hydrogen) atoms. The van der Waals surface area contributed by atoms with E-state index in [1.807, 2.05) is 0 Å². The maximum absolute atomic E-state index is 11.5. The molecule has 0 aromatic heterocycles. The van der Waals surface area contributed by atoms with E-state index in [1.165, 1.54) is 18.2 Å². The van der Waals surface area contributed by atoms with E-state index in [2.05, 4.69) is 0 Å². The molecule has 4 nitrogen and oxygen atoms in total. The van der Waals surface area contributed by atoms with E-state index >= 15 is 0 Å². The Morgan fingerprint density at radius 3 is 2.12 bits per heavy atom. The molecule has 1 rings (SSSR count). The quantitative estimate of drug-likeness (QED) is 0.441. The van der Waals surface area contributed by atoms with Crippen LogP contribution in [0.15, 0.2) is 24.3 Å². The minimum atomic E-state index is -1.38. The number of carboxylic acids is 1. The van der Waals surface area contributed by atoms with E-state index in [4.69, 9.17) is 4.74 Å². The molecule has 0 radical (unpaired) electrons. The minimum Gasteiger partial charge on any atom is -0.545 e. The third kappa shape index (κ3) is 4.35. The van der Waals surface area contributed by atoms with Crippen LogP contribution < -0.4 is 56.5 Å². The molecule has 0 aliphatic carbocycles. The summed E-state index contributed by atoms with van der Waals surface area (Å²) < 4.78 is 4.90. The van der Waals surface area contributed by atoms with E-state index < -0.39 is 11.9 Å². The molecule has 0 spiro atoms. The van der Waals surface area contributed by atoms with Crippen molar-refractivity contribution < 1.29 is 70.8 Å². The average Bonchev–Trinajstić information content (AvgIpc) is 2.16. The van der Waals surface area contributed by atoms with Gasteiger partial charge in [-0.1, -0.05) is 18.2 Å². The molecule has 0 N–H and O–H groups in total. The van der Waals surface area contributed by atoms with Gasteiger partial charge in [0.25, 0.3) is 0 Å². The van der Waals surface area contributed by atoms with Gasteiger partial charge in [-0.2, -0.15) is 0 Å². The van der Waals surface area contributed by atoms with Gasteiger partial charge in [0.05, 0.1) is 17.6 Å². The van der Waals surface area contributed by atoms with Gasteiger partial charge in [0, 0.05) is 5.56 Å². The summed E-state index contributed by atoms with van der Waals surface area (Å²) in [6, 6.07) is 5.81. The van der Waals surface area contributed by atoms with Crippen molar-refractivity contribution in [3.8, 4) is 0 Å². The molecule has 1 aromatic rings. The Labute approximate surface area is 136 Å². The molecular weight excluding hydrogens is 235 g/mol. The number of rotatable bonds is 3. The maximum atomic E-state index is 11.5. The van der Waals surface area contributed by atoms with Gasteiger partial charge < -0.3 is 14.6 Å². The van der Waals surface area contributed by atoms with Crippen molar-refractivity contribution in [1.82, 2.24) is 0 Å². The van der Waals surface area contributed by atoms with Crippen LogP contribution in [0.5, 0.6) is 0 Å². The first-order chi connectivity index (χ1) is 7.02. The molecule has 0 heterocycles. The van der Waals surface area contributed by atoms with Crippen LogP contribution in [-0.2, 0) is 4.74 Å². The second-order valence-corrected chi connectivity index (χ2v) is 3.29. The summed E-state index contributed by atoms with van der Waals surface area (Å²) in [5.74, 6) is -2.03. The molecule has 0 atom stereocenters. The van der Waals surface area contributed by atoms with Gasteiger partial charge in [0.2, 0.25) is 0 Å². The van der Waals surface area contributed by atoms with Crippen molar-refractivity contribution in [3.05, 3.63) is 35.4 Å². The molecule has 0 unspecified atom stereocenters. The summed E-state index contributed by atoms with van der Waals surface area (Å²) in [6.45, 7) is 3.39. The Morgan fingerprint density at radius 1 is 1.19 bits per heavy atom. The first-order valence-electron chi connectivity index (χ1n) is 4.53. The van der Waals surface area contributed by atoms with Crippen molar-refractivity contribution in [2.75, 3.05) is 0 Å². The van der Waals surface area contributed by atoms with Crippen LogP contribution in [0.3, 0.4) is 0 Å². The van der Waals surface area contributed by atoms with Crippen molar-refractivity contribution in [2.45, 2.75) is 20.0 Å². The molecule has 0 fully saturated rings. The van der Waals surface area contributed by atoms with Crippen molar-refractivity contribution >= 4 is 11.9 Å². The first-order valence-corrected chi connectivity index (χ1v) is 4.53. The van der Waals surface area contributed by atoms with Crippen molar-refractivity contribution in [2.24, 2.45) is 0 Å². The zero-order valence-electron chi connectivity index (χ0n) is 9.52. The molecule has 0 aliphatic heterocycles. The molecule has 1 aromatic carbocycles. The van der Waals surface area contributed by atoms with Crippen LogP contribution in [0.25, 0.3) is 0 Å². The topological polar surface area (TPSA) is 66.4 Å². The number of hydrogen-bond acceptors (Lipinski definition) is 4.